The van der Waals surface area contributed by atoms with Crippen LogP contribution in [0.1, 0.15) is 5.56 Å². The predicted molar refractivity (Wildman–Crippen MR) is 54.3 cm³/mol. The number of thioether (sulfide) groups is 1. The van der Waals surface area contributed by atoms with Crippen molar-refractivity contribution in [2.24, 2.45) is 0 Å². The Bertz CT molecular complexity index is 251. The lowest BCUT2D eigenvalue weighted by atomic mass is 10.2. The van der Waals surface area contributed by atoms with Crippen molar-refractivity contribution in [2.75, 3.05) is 12.9 Å². The Morgan fingerprint density at radius 1 is 1.33 bits per heavy atom. The van der Waals surface area contributed by atoms with Gasteiger partial charge < -0.3 is 5.11 Å². The van der Waals surface area contributed by atoms with Gasteiger partial charge in [0.2, 0.25) is 0 Å². The topological polar surface area (TPSA) is 20.2 Å². The molecule has 1 rings (SSSR count). The summed E-state index contributed by atoms with van der Waals surface area (Å²) < 4.78 is 0. The molecule has 0 radical (unpaired) electrons. The second-order valence-corrected chi connectivity index (χ2v) is 3.24. The van der Waals surface area contributed by atoms with E-state index in [0.29, 0.717) is 0 Å². The molecule has 0 unspecified atom stereocenters. The second kappa shape index (κ2) is 5.01. The van der Waals surface area contributed by atoms with Gasteiger partial charge in [-0.25, -0.2) is 0 Å². The predicted octanol–water partition coefficient (Wildman–Crippen LogP) is 2.41. The van der Waals surface area contributed by atoms with Gasteiger partial charge in [0.1, 0.15) is 0 Å². The summed E-state index contributed by atoms with van der Waals surface area (Å²) in [6, 6.07) is 8.22. The van der Waals surface area contributed by atoms with Crippen molar-refractivity contribution >= 4 is 17.8 Å². The minimum absolute atomic E-state index is 0.101. The minimum Gasteiger partial charge on any atom is -0.392 e. The van der Waals surface area contributed by atoms with Crippen molar-refractivity contribution in [1.82, 2.24) is 0 Å². The molecule has 0 heterocycles. The lowest BCUT2D eigenvalue weighted by Crippen LogP contribution is -1.74. The highest BCUT2D eigenvalue weighted by Crippen LogP contribution is 2.15. The van der Waals surface area contributed by atoms with Gasteiger partial charge in [-0.3, -0.25) is 0 Å². The fourth-order valence-electron chi connectivity index (χ4n) is 0.904. The van der Waals surface area contributed by atoms with E-state index in [2.05, 4.69) is 18.4 Å². The Labute approximate surface area is 77.1 Å². The summed E-state index contributed by atoms with van der Waals surface area (Å²) in [7, 11) is 0. The molecule has 0 saturated heterocycles. The third-order valence-corrected chi connectivity index (χ3v) is 2.28. The monoisotopic (exact) mass is 180 g/mol. The summed E-state index contributed by atoms with van der Waals surface area (Å²) in [6.07, 6.45) is 5.69. The first-order chi connectivity index (χ1) is 5.86. The average Bonchev–Trinajstić information content (AvgIpc) is 2.15. The van der Waals surface area contributed by atoms with E-state index in [1.54, 1.807) is 17.8 Å². The third-order valence-electron chi connectivity index (χ3n) is 1.53. The summed E-state index contributed by atoms with van der Waals surface area (Å²) in [4.78, 5) is 1.26. The first kappa shape index (κ1) is 9.36. The molecular weight excluding hydrogens is 168 g/mol. The third kappa shape index (κ3) is 2.72. The summed E-state index contributed by atoms with van der Waals surface area (Å²) in [6.45, 7) is 0.101. The summed E-state index contributed by atoms with van der Waals surface area (Å²) in [5, 5.41) is 8.54. The van der Waals surface area contributed by atoms with E-state index in [1.807, 2.05) is 18.2 Å². The van der Waals surface area contributed by atoms with E-state index in [1.165, 1.54) is 4.90 Å². The molecule has 12 heavy (non-hydrogen) atoms. The molecule has 0 atom stereocenters. The van der Waals surface area contributed by atoms with Gasteiger partial charge in [-0.05, 0) is 24.0 Å². The van der Waals surface area contributed by atoms with Gasteiger partial charge >= 0.3 is 0 Å². The number of rotatable bonds is 3. The fourth-order valence-corrected chi connectivity index (χ4v) is 1.31. The molecule has 0 fully saturated rings. The molecule has 2 heteroatoms. The number of hydrogen-bond donors (Lipinski definition) is 1. The van der Waals surface area contributed by atoms with Crippen LogP contribution in [0.25, 0.3) is 6.08 Å². The van der Waals surface area contributed by atoms with Crippen LogP contribution in [0.2, 0.25) is 0 Å². The quantitative estimate of drug-likeness (QED) is 0.721. The van der Waals surface area contributed by atoms with Crippen LogP contribution in [0, 0.1) is 0 Å². The number of aliphatic hydroxyl groups is 1. The molecule has 0 amide bonds. The van der Waals surface area contributed by atoms with E-state index in [9.17, 15) is 0 Å². The first-order valence-corrected chi connectivity index (χ1v) is 5.00. The summed E-state index contributed by atoms with van der Waals surface area (Å²) >= 11 is 1.73. The Kier molecular flexibility index (Phi) is 3.91. The number of aliphatic hydroxyl groups excluding tert-OH is 1. The maximum absolute atomic E-state index is 8.54. The fraction of sp³-hybridized carbons (Fsp3) is 0.200. The Morgan fingerprint density at radius 3 is 2.50 bits per heavy atom. The summed E-state index contributed by atoms with van der Waals surface area (Å²) in [5.74, 6) is 0. The Balaban J connectivity index is 2.71. The zero-order valence-electron chi connectivity index (χ0n) is 7.03. The molecule has 64 valence electrons. The van der Waals surface area contributed by atoms with Gasteiger partial charge in [0.25, 0.3) is 0 Å². The lowest BCUT2D eigenvalue weighted by Gasteiger charge is -1.95. The molecule has 0 spiro atoms. The molecule has 1 aromatic rings. The van der Waals surface area contributed by atoms with Crippen LogP contribution in [0.4, 0.5) is 0 Å². The molecule has 0 aliphatic carbocycles. The van der Waals surface area contributed by atoms with E-state index >= 15 is 0 Å². The smallest absolute Gasteiger partial charge is 0.0615 e. The maximum atomic E-state index is 8.54. The molecule has 1 N–H and O–H groups in total. The molecule has 0 aliphatic heterocycles. The average molecular weight is 180 g/mol. The van der Waals surface area contributed by atoms with Gasteiger partial charge in [0.15, 0.2) is 0 Å². The van der Waals surface area contributed by atoms with Gasteiger partial charge in [-0.15, -0.1) is 11.8 Å². The van der Waals surface area contributed by atoms with Crippen molar-refractivity contribution in [3.05, 3.63) is 35.9 Å². The highest BCUT2D eigenvalue weighted by Gasteiger charge is 1.88. The van der Waals surface area contributed by atoms with Crippen LogP contribution in [0.5, 0.6) is 0 Å². The standard InChI is InChI=1S/C10H12OS/c1-12-10-6-4-9(5-7-10)3-2-8-11/h2-7,11H,8H2,1H3. The molecule has 1 aromatic carbocycles. The van der Waals surface area contributed by atoms with Crippen molar-refractivity contribution in [1.29, 1.82) is 0 Å². The zero-order chi connectivity index (χ0) is 8.81. The van der Waals surface area contributed by atoms with Gasteiger partial charge in [-0.2, -0.15) is 0 Å². The van der Waals surface area contributed by atoms with Gasteiger partial charge in [0, 0.05) is 4.90 Å². The second-order valence-electron chi connectivity index (χ2n) is 2.36. The number of hydrogen-bond acceptors (Lipinski definition) is 2. The van der Waals surface area contributed by atoms with Crippen LogP contribution in [0.15, 0.2) is 35.2 Å². The van der Waals surface area contributed by atoms with Crippen LogP contribution in [-0.2, 0) is 0 Å². The van der Waals surface area contributed by atoms with Crippen molar-refractivity contribution in [2.45, 2.75) is 4.90 Å². The van der Waals surface area contributed by atoms with E-state index in [0.717, 1.165) is 5.56 Å². The normalized spacial score (nSPS) is 10.8. The highest BCUT2D eigenvalue weighted by molar-refractivity contribution is 7.98. The molecule has 0 aromatic heterocycles. The van der Waals surface area contributed by atoms with Gasteiger partial charge in [0.05, 0.1) is 6.61 Å². The van der Waals surface area contributed by atoms with Crippen LogP contribution in [0.3, 0.4) is 0 Å². The largest absolute Gasteiger partial charge is 0.392 e. The Morgan fingerprint density at radius 2 is 2.00 bits per heavy atom. The van der Waals surface area contributed by atoms with E-state index in [4.69, 9.17) is 5.11 Å². The molecule has 0 bridgehead atoms. The SMILES string of the molecule is CSc1ccc(C=CCO)cc1. The van der Waals surface area contributed by atoms with Crippen molar-refractivity contribution in [3.8, 4) is 0 Å². The first-order valence-electron chi connectivity index (χ1n) is 3.78. The molecule has 1 nitrogen and oxygen atoms in total. The molecule has 0 aliphatic rings. The minimum atomic E-state index is 0.101. The Hall–Kier alpha value is -0.730. The van der Waals surface area contributed by atoms with Crippen molar-refractivity contribution in [3.63, 3.8) is 0 Å². The van der Waals surface area contributed by atoms with Crippen molar-refractivity contribution < 1.29 is 5.11 Å². The van der Waals surface area contributed by atoms with E-state index < -0.39 is 0 Å². The maximum Gasteiger partial charge on any atom is 0.0615 e. The number of benzene rings is 1. The highest BCUT2D eigenvalue weighted by atomic mass is 32.2. The molecular formula is C10H12OS. The lowest BCUT2D eigenvalue weighted by molar-refractivity contribution is 0.343. The molecule has 0 saturated carbocycles. The van der Waals surface area contributed by atoms with Crippen LogP contribution in [-0.4, -0.2) is 18.0 Å². The summed E-state index contributed by atoms with van der Waals surface area (Å²) in [5.41, 5.74) is 1.13. The van der Waals surface area contributed by atoms with Gasteiger partial charge in [-0.1, -0.05) is 24.3 Å². The zero-order valence-corrected chi connectivity index (χ0v) is 7.84. The van der Waals surface area contributed by atoms with Crippen LogP contribution < -0.4 is 0 Å². The van der Waals surface area contributed by atoms with E-state index in [-0.39, 0.29) is 6.61 Å². The van der Waals surface area contributed by atoms with Crippen LogP contribution >= 0.6 is 11.8 Å².